The van der Waals surface area contributed by atoms with E-state index < -0.39 is 9.84 Å². The van der Waals surface area contributed by atoms with Crippen LogP contribution in [0.15, 0.2) is 60.7 Å². The molecule has 0 spiro atoms. The minimum Gasteiger partial charge on any atom is -0.307 e. The Morgan fingerprint density at radius 2 is 1.79 bits per heavy atom. The van der Waals surface area contributed by atoms with E-state index in [2.05, 4.69) is 10.4 Å². The van der Waals surface area contributed by atoms with Crippen molar-refractivity contribution in [2.45, 2.75) is 11.5 Å². The number of sulfone groups is 1. The molecule has 1 N–H and O–H groups in total. The van der Waals surface area contributed by atoms with Crippen LogP contribution >= 0.6 is 11.6 Å². The van der Waals surface area contributed by atoms with Crippen LogP contribution in [0.1, 0.15) is 16.8 Å². The average molecular weight is 414 g/mol. The smallest absolute Gasteiger partial charge is 0.249 e. The topological polar surface area (TPSA) is 81.1 Å². The normalized spacial score (nSPS) is 14.9. The first-order valence-electron chi connectivity index (χ1n) is 8.52. The molecule has 1 aromatic heterocycles. The summed E-state index contributed by atoms with van der Waals surface area (Å²) in [6.07, 6.45) is 3.10. The van der Waals surface area contributed by atoms with Crippen LogP contribution in [0.25, 0.3) is 11.8 Å². The van der Waals surface area contributed by atoms with Gasteiger partial charge in [-0.3, -0.25) is 4.79 Å². The van der Waals surface area contributed by atoms with E-state index in [0.717, 1.165) is 5.56 Å². The number of carbonyl (C=O) groups is 1. The molecule has 0 saturated heterocycles. The van der Waals surface area contributed by atoms with Crippen LogP contribution in [0.5, 0.6) is 0 Å². The number of hydrogen-bond acceptors (Lipinski definition) is 4. The SMILES string of the molecule is O=C(C=Cc1ccccc1)Nc1c2c(nn1-c1ccc(Cl)cc1)CS(=O)(=O)C2. The molecule has 4 rings (SSSR count). The fraction of sp³-hybridized carbons (Fsp3) is 0.100. The highest BCUT2D eigenvalue weighted by atomic mass is 35.5. The van der Waals surface area contributed by atoms with Gasteiger partial charge in [0.05, 0.1) is 22.9 Å². The van der Waals surface area contributed by atoms with Crippen molar-refractivity contribution in [1.29, 1.82) is 0 Å². The molecule has 2 heterocycles. The minimum atomic E-state index is -3.25. The Morgan fingerprint density at radius 3 is 2.50 bits per heavy atom. The van der Waals surface area contributed by atoms with Gasteiger partial charge in [0, 0.05) is 16.7 Å². The summed E-state index contributed by atoms with van der Waals surface area (Å²) in [4.78, 5) is 12.5. The van der Waals surface area contributed by atoms with Gasteiger partial charge in [-0.05, 0) is 35.9 Å². The van der Waals surface area contributed by atoms with Gasteiger partial charge in [0.25, 0.3) is 0 Å². The quantitative estimate of drug-likeness (QED) is 0.662. The van der Waals surface area contributed by atoms with Gasteiger partial charge in [0.15, 0.2) is 9.84 Å². The van der Waals surface area contributed by atoms with Crippen LogP contribution < -0.4 is 5.32 Å². The molecule has 0 radical (unpaired) electrons. The van der Waals surface area contributed by atoms with Gasteiger partial charge in [0.2, 0.25) is 5.91 Å². The average Bonchev–Trinajstić information content (AvgIpc) is 3.14. The molecule has 3 aromatic rings. The van der Waals surface area contributed by atoms with Gasteiger partial charge in [-0.1, -0.05) is 41.9 Å². The third-order valence-electron chi connectivity index (χ3n) is 4.33. The van der Waals surface area contributed by atoms with E-state index in [1.165, 1.54) is 6.08 Å². The second kappa shape index (κ2) is 7.26. The van der Waals surface area contributed by atoms with Crippen molar-refractivity contribution >= 4 is 39.2 Å². The number of benzene rings is 2. The van der Waals surface area contributed by atoms with E-state index in [1.807, 2.05) is 30.3 Å². The lowest BCUT2D eigenvalue weighted by Crippen LogP contribution is -2.14. The molecule has 0 unspecified atom stereocenters. The predicted octanol–water partition coefficient (Wildman–Crippen LogP) is 3.61. The van der Waals surface area contributed by atoms with E-state index in [9.17, 15) is 13.2 Å². The van der Waals surface area contributed by atoms with Crippen molar-refractivity contribution in [3.8, 4) is 5.69 Å². The number of nitrogens with one attached hydrogen (secondary N) is 1. The Bertz CT molecular complexity index is 1170. The number of carbonyl (C=O) groups excluding carboxylic acids is 1. The first-order valence-corrected chi connectivity index (χ1v) is 10.7. The number of amides is 1. The molecule has 1 aliphatic rings. The van der Waals surface area contributed by atoms with E-state index in [-0.39, 0.29) is 17.4 Å². The van der Waals surface area contributed by atoms with Crippen LogP contribution in [0, 0.1) is 0 Å². The lowest BCUT2D eigenvalue weighted by atomic mass is 10.2. The third-order valence-corrected chi connectivity index (χ3v) is 6.02. The summed E-state index contributed by atoms with van der Waals surface area (Å²) < 4.78 is 25.5. The first kappa shape index (κ1) is 18.5. The molecule has 6 nitrogen and oxygen atoms in total. The summed E-state index contributed by atoms with van der Waals surface area (Å²) in [6, 6.07) is 16.4. The second-order valence-corrected chi connectivity index (χ2v) is 8.93. The van der Waals surface area contributed by atoms with E-state index in [4.69, 9.17) is 11.6 Å². The highest BCUT2D eigenvalue weighted by Crippen LogP contribution is 2.33. The predicted molar refractivity (Wildman–Crippen MR) is 109 cm³/mol. The maximum Gasteiger partial charge on any atom is 0.249 e. The first-order chi connectivity index (χ1) is 13.4. The zero-order chi connectivity index (χ0) is 19.7. The lowest BCUT2D eigenvalue weighted by Gasteiger charge is -2.10. The van der Waals surface area contributed by atoms with Crippen LogP contribution in [0.3, 0.4) is 0 Å². The van der Waals surface area contributed by atoms with Crippen LogP contribution in [-0.4, -0.2) is 24.1 Å². The molecule has 0 saturated carbocycles. The number of fused-ring (bicyclic) bond motifs is 1. The Kier molecular flexibility index (Phi) is 4.78. The summed E-state index contributed by atoms with van der Waals surface area (Å²) >= 11 is 5.95. The summed E-state index contributed by atoms with van der Waals surface area (Å²) in [5.74, 6) is -0.285. The van der Waals surface area contributed by atoms with Crippen molar-refractivity contribution in [3.63, 3.8) is 0 Å². The largest absolute Gasteiger partial charge is 0.307 e. The Hall–Kier alpha value is -2.90. The zero-order valence-corrected chi connectivity index (χ0v) is 16.2. The number of anilines is 1. The minimum absolute atomic E-state index is 0.133. The number of hydrogen-bond donors (Lipinski definition) is 1. The van der Waals surface area contributed by atoms with Gasteiger partial charge < -0.3 is 5.32 Å². The van der Waals surface area contributed by atoms with Gasteiger partial charge in [-0.15, -0.1) is 0 Å². The number of aromatic nitrogens is 2. The Balaban J connectivity index is 1.68. The van der Waals surface area contributed by atoms with E-state index in [1.54, 1.807) is 35.0 Å². The molecule has 1 amide bonds. The fourth-order valence-corrected chi connectivity index (χ4v) is 4.65. The van der Waals surface area contributed by atoms with Crippen LogP contribution in [0.4, 0.5) is 5.82 Å². The third kappa shape index (κ3) is 3.85. The molecular formula is C20H16ClN3O3S. The van der Waals surface area contributed by atoms with Crippen molar-refractivity contribution in [3.05, 3.63) is 82.5 Å². The van der Waals surface area contributed by atoms with E-state index in [0.29, 0.717) is 27.8 Å². The van der Waals surface area contributed by atoms with E-state index >= 15 is 0 Å². The molecule has 0 fully saturated rings. The van der Waals surface area contributed by atoms with Gasteiger partial charge in [-0.2, -0.15) is 5.10 Å². The summed E-state index contributed by atoms with van der Waals surface area (Å²) in [5, 5.41) is 7.77. The molecule has 0 aliphatic carbocycles. The summed E-state index contributed by atoms with van der Waals surface area (Å²) in [7, 11) is -3.25. The number of rotatable bonds is 4. The second-order valence-electron chi connectivity index (χ2n) is 6.43. The molecule has 0 atom stereocenters. The maximum absolute atomic E-state index is 12.5. The molecular weight excluding hydrogens is 398 g/mol. The van der Waals surface area contributed by atoms with Gasteiger partial charge in [-0.25, -0.2) is 13.1 Å². The van der Waals surface area contributed by atoms with Crippen molar-refractivity contribution < 1.29 is 13.2 Å². The summed E-state index contributed by atoms with van der Waals surface area (Å²) in [5.41, 5.74) is 2.55. The number of nitrogens with zero attached hydrogens (tertiary/aromatic N) is 2. The summed E-state index contributed by atoms with van der Waals surface area (Å²) in [6.45, 7) is 0. The van der Waals surface area contributed by atoms with Gasteiger partial charge in [0.1, 0.15) is 5.82 Å². The van der Waals surface area contributed by atoms with Crippen LogP contribution in [0.2, 0.25) is 5.02 Å². The molecule has 1 aliphatic heterocycles. The van der Waals surface area contributed by atoms with Crippen molar-refractivity contribution in [2.24, 2.45) is 0 Å². The highest BCUT2D eigenvalue weighted by molar-refractivity contribution is 7.90. The number of halogens is 1. The molecule has 2 aromatic carbocycles. The lowest BCUT2D eigenvalue weighted by molar-refractivity contribution is -0.111. The monoisotopic (exact) mass is 413 g/mol. The van der Waals surface area contributed by atoms with Crippen LogP contribution in [-0.2, 0) is 26.1 Å². The molecule has 28 heavy (non-hydrogen) atoms. The molecule has 8 heteroatoms. The van der Waals surface area contributed by atoms with Crippen molar-refractivity contribution in [1.82, 2.24) is 9.78 Å². The Morgan fingerprint density at radius 1 is 1.07 bits per heavy atom. The zero-order valence-electron chi connectivity index (χ0n) is 14.7. The van der Waals surface area contributed by atoms with Gasteiger partial charge >= 0.3 is 0 Å². The highest BCUT2D eigenvalue weighted by Gasteiger charge is 2.33. The maximum atomic E-state index is 12.5. The van der Waals surface area contributed by atoms with Crippen molar-refractivity contribution in [2.75, 3.05) is 5.32 Å². The molecule has 142 valence electrons. The Labute approximate surface area is 167 Å². The molecule has 0 bridgehead atoms. The fourth-order valence-electron chi connectivity index (χ4n) is 3.03. The standard InChI is InChI=1S/C20H16ClN3O3S/c21-15-7-9-16(10-8-15)24-20(17-12-28(26,27)13-18(17)23-24)22-19(25)11-6-14-4-2-1-3-5-14/h1-11H,12-13H2,(H,22,25).